The van der Waals surface area contributed by atoms with Crippen LogP contribution < -0.4 is 5.32 Å². The molecular weight excluding hydrogens is 414 g/mol. The van der Waals surface area contributed by atoms with Gasteiger partial charge < -0.3 is 5.32 Å². The van der Waals surface area contributed by atoms with Gasteiger partial charge in [-0.1, -0.05) is 0 Å². The Morgan fingerprint density at radius 1 is 1.22 bits per heavy atom. The van der Waals surface area contributed by atoms with Crippen LogP contribution in [0.5, 0.6) is 0 Å². The highest BCUT2D eigenvalue weighted by Gasteiger charge is 2.14. The van der Waals surface area contributed by atoms with Crippen molar-refractivity contribution in [3.8, 4) is 18.2 Å². The van der Waals surface area contributed by atoms with Crippen LogP contribution >= 0.6 is 38.5 Å². The Morgan fingerprint density at radius 2 is 1.83 bits per heavy atom. The second-order valence-electron chi connectivity index (χ2n) is 2.93. The molecule has 0 heterocycles. The predicted octanol–water partition coefficient (Wildman–Crippen LogP) is 3.43. The van der Waals surface area contributed by atoms with Crippen molar-refractivity contribution >= 4 is 44.2 Å². The van der Waals surface area contributed by atoms with E-state index >= 15 is 0 Å². The third-order valence-electron chi connectivity index (χ3n) is 1.88. The first-order chi connectivity index (χ1) is 8.54. The van der Waals surface area contributed by atoms with Crippen LogP contribution in [0.3, 0.4) is 0 Å². The van der Waals surface area contributed by atoms with E-state index in [2.05, 4.69) is 21.2 Å². The zero-order valence-corrected chi connectivity index (χ0v) is 12.4. The molecule has 0 aliphatic carbocycles. The van der Waals surface area contributed by atoms with Gasteiger partial charge in [-0.05, 0) is 50.7 Å². The fourth-order valence-electron chi connectivity index (χ4n) is 1.05. The maximum Gasteiger partial charge on any atom is 0.163 e. The van der Waals surface area contributed by atoms with Gasteiger partial charge in [-0.15, -0.1) is 0 Å². The summed E-state index contributed by atoms with van der Waals surface area (Å²) >= 11 is 4.89. The molecule has 0 aliphatic rings. The van der Waals surface area contributed by atoms with E-state index in [0.29, 0.717) is 3.57 Å². The van der Waals surface area contributed by atoms with Crippen molar-refractivity contribution in [3.05, 3.63) is 37.3 Å². The molecule has 1 N–H and O–H groups in total. The first-order valence-corrected chi connectivity index (χ1v) is 6.27. The van der Waals surface area contributed by atoms with Crippen molar-refractivity contribution in [1.29, 1.82) is 15.8 Å². The lowest BCUT2D eigenvalue weighted by Crippen LogP contribution is -2.04. The summed E-state index contributed by atoms with van der Waals surface area (Å²) in [4.78, 5) is 0. The van der Waals surface area contributed by atoms with E-state index in [1.165, 1.54) is 6.07 Å². The Labute approximate surface area is 125 Å². The molecule has 0 fully saturated rings. The molecule has 0 aliphatic heterocycles. The van der Waals surface area contributed by atoms with Gasteiger partial charge in [0.2, 0.25) is 0 Å². The van der Waals surface area contributed by atoms with Gasteiger partial charge in [0.1, 0.15) is 23.9 Å². The van der Waals surface area contributed by atoms with Gasteiger partial charge in [-0.25, -0.2) is 4.39 Å². The van der Waals surface area contributed by atoms with Gasteiger partial charge in [-0.3, -0.25) is 0 Å². The summed E-state index contributed by atoms with van der Waals surface area (Å²) in [5, 5.41) is 28.7. The summed E-state index contributed by atoms with van der Waals surface area (Å²) in [6, 6.07) is 7.96. The van der Waals surface area contributed by atoms with E-state index in [9.17, 15) is 4.39 Å². The van der Waals surface area contributed by atoms with Gasteiger partial charge in [0, 0.05) is 3.57 Å². The molecule has 0 saturated carbocycles. The van der Waals surface area contributed by atoms with Crippen molar-refractivity contribution < 1.29 is 4.39 Å². The summed E-state index contributed by atoms with van der Waals surface area (Å²) in [5.74, 6) is -0.593. The van der Waals surface area contributed by atoms with Gasteiger partial charge in [-0.2, -0.15) is 15.8 Å². The SMILES string of the molecule is N#CC(C#N)=C(C#N)Nc1c(I)ccc(Br)c1F. The van der Waals surface area contributed by atoms with Gasteiger partial charge >= 0.3 is 0 Å². The second kappa shape index (κ2) is 6.34. The lowest BCUT2D eigenvalue weighted by molar-refractivity contribution is 0.624. The third-order valence-corrected chi connectivity index (χ3v) is 3.39. The van der Waals surface area contributed by atoms with Crippen LogP contribution in [0.15, 0.2) is 27.9 Å². The molecule has 0 radical (unpaired) electrons. The number of nitrogens with zero attached hydrogens (tertiary/aromatic N) is 3. The molecule has 7 heteroatoms. The zero-order valence-electron chi connectivity index (χ0n) is 8.63. The highest BCUT2D eigenvalue weighted by Crippen LogP contribution is 2.29. The first kappa shape index (κ1) is 14.4. The lowest BCUT2D eigenvalue weighted by atomic mass is 10.2. The van der Waals surface area contributed by atoms with Crippen molar-refractivity contribution in [1.82, 2.24) is 0 Å². The molecule has 1 rings (SSSR count). The number of allylic oxidation sites excluding steroid dienone is 2. The van der Waals surface area contributed by atoms with Crippen LogP contribution in [0, 0.1) is 43.4 Å². The van der Waals surface area contributed by atoms with Crippen LogP contribution in [0.1, 0.15) is 0 Å². The van der Waals surface area contributed by atoms with Crippen molar-refractivity contribution in [2.45, 2.75) is 0 Å². The Bertz CT molecular complexity index is 633. The third kappa shape index (κ3) is 2.98. The molecule has 0 bridgehead atoms. The molecule has 0 spiro atoms. The number of rotatable bonds is 2. The second-order valence-corrected chi connectivity index (χ2v) is 4.95. The number of anilines is 1. The fourth-order valence-corrected chi connectivity index (χ4v) is 1.93. The highest BCUT2D eigenvalue weighted by molar-refractivity contribution is 14.1. The molecular formula is C11H3BrFIN4. The molecule has 0 amide bonds. The van der Waals surface area contributed by atoms with Gasteiger partial charge in [0.05, 0.1) is 10.2 Å². The minimum atomic E-state index is -0.593. The predicted molar refractivity (Wildman–Crippen MR) is 74.3 cm³/mol. The lowest BCUT2D eigenvalue weighted by Gasteiger charge is -2.09. The van der Waals surface area contributed by atoms with E-state index < -0.39 is 11.4 Å². The van der Waals surface area contributed by atoms with E-state index in [1.807, 2.05) is 22.6 Å². The summed E-state index contributed by atoms with van der Waals surface area (Å²) in [7, 11) is 0. The molecule has 0 unspecified atom stereocenters. The molecule has 0 aromatic heterocycles. The summed E-state index contributed by atoms with van der Waals surface area (Å²) in [6.45, 7) is 0. The van der Waals surface area contributed by atoms with E-state index in [0.717, 1.165) is 0 Å². The topological polar surface area (TPSA) is 83.4 Å². The smallest absolute Gasteiger partial charge is 0.163 e. The minimum absolute atomic E-state index is 0.0459. The van der Waals surface area contributed by atoms with Crippen molar-refractivity contribution in [3.63, 3.8) is 0 Å². The summed E-state index contributed by atoms with van der Waals surface area (Å²) in [5.41, 5.74) is -0.632. The first-order valence-electron chi connectivity index (χ1n) is 4.40. The quantitative estimate of drug-likeness (QED) is 0.454. The average molecular weight is 417 g/mol. The monoisotopic (exact) mass is 416 g/mol. The van der Waals surface area contributed by atoms with E-state index in [1.54, 1.807) is 24.3 Å². The number of nitriles is 3. The van der Waals surface area contributed by atoms with Crippen LogP contribution in [-0.2, 0) is 0 Å². The normalized spacial score (nSPS) is 8.67. The largest absolute Gasteiger partial charge is 0.342 e. The highest BCUT2D eigenvalue weighted by atomic mass is 127. The van der Waals surface area contributed by atoms with Crippen LogP contribution in [0.2, 0.25) is 0 Å². The Kier molecular flexibility index (Phi) is 5.08. The maximum atomic E-state index is 13.8. The van der Waals surface area contributed by atoms with Gasteiger partial charge in [0.25, 0.3) is 0 Å². The number of hydrogen-bond donors (Lipinski definition) is 1. The number of halogens is 3. The zero-order chi connectivity index (χ0) is 13.7. The van der Waals surface area contributed by atoms with Crippen molar-refractivity contribution in [2.75, 3.05) is 5.32 Å². The standard InChI is InChI=1S/C11H3BrFIN4/c12-7-1-2-8(14)11(10(7)13)18-9(5-17)6(3-15)4-16/h1-2,18H. The van der Waals surface area contributed by atoms with E-state index in [-0.39, 0.29) is 15.9 Å². The molecule has 88 valence electrons. The Hall–Kier alpha value is -1.63. The van der Waals surface area contributed by atoms with Crippen LogP contribution in [0.25, 0.3) is 0 Å². The van der Waals surface area contributed by atoms with Crippen LogP contribution in [-0.4, -0.2) is 0 Å². The molecule has 1 aromatic carbocycles. The summed E-state index contributed by atoms with van der Waals surface area (Å²) in [6.07, 6.45) is 0. The molecule has 0 saturated heterocycles. The maximum absolute atomic E-state index is 13.8. The summed E-state index contributed by atoms with van der Waals surface area (Å²) < 4.78 is 14.6. The number of benzene rings is 1. The number of hydrogen-bond acceptors (Lipinski definition) is 4. The molecule has 4 nitrogen and oxygen atoms in total. The molecule has 18 heavy (non-hydrogen) atoms. The van der Waals surface area contributed by atoms with E-state index in [4.69, 9.17) is 15.8 Å². The Balaban J connectivity index is 3.34. The fraction of sp³-hybridized carbons (Fsp3) is 0. The van der Waals surface area contributed by atoms with Crippen molar-refractivity contribution in [2.24, 2.45) is 0 Å². The average Bonchev–Trinajstić information content (AvgIpc) is 2.38. The Morgan fingerprint density at radius 3 is 2.33 bits per heavy atom. The molecule has 1 aromatic rings. The number of nitrogens with one attached hydrogen (secondary N) is 1. The molecule has 0 atom stereocenters. The van der Waals surface area contributed by atoms with Crippen LogP contribution in [0.4, 0.5) is 10.1 Å². The minimum Gasteiger partial charge on any atom is -0.342 e. The van der Waals surface area contributed by atoms with Gasteiger partial charge in [0.15, 0.2) is 11.4 Å².